The van der Waals surface area contributed by atoms with Crippen LogP contribution in [0.2, 0.25) is 0 Å². The molecule has 0 saturated carbocycles. The van der Waals surface area contributed by atoms with Gasteiger partial charge in [-0.3, -0.25) is 0 Å². The number of aromatic nitrogens is 2. The predicted molar refractivity (Wildman–Crippen MR) is 266 cm³/mol. The minimum Gasteiger partial charge on any atom is -0.310 e. The third-order valence-electron chi connectivity index (χ3n) is 12.4. The highest BCUT2D eigenvalue weighted by atomic mass is 15.1. The van der Waals surface area contributed by atoms with Gasteiger partial charge in [-0.25, -0.2) is 0 Å². The lowest BCUT2D eigenvalue weighted by Crippen LogP contribution is -2.10. The molecule has 0 fully saturated rings. The van der Waals surface area contributed by atoms with Gasteiger partial charge in [0.2, 0.25) is 0 Å². The summed E-state index contributed by atoms with van der Waals surface area (Å²) in [7, 11) is 0. The molecule has 2 heterocycles. The van der Waals surface area contributed by atoms with Crippen molar-refractivity contribution in [3.8, 4) is 44.8 Å². The molecular formula is C60H41N3. The Kier molecular flexibility index (Phi) is 8.83. The zero-order valence-electron chi connectivity index (χ0n) is 34.5. The Morgan fingerprint density at radius 3 is 1.21 bits per heavy atom. The van der Waals surface area contributed by atoms with Crippen LogP contribution in [-0.2, 0) is 0 Å². The normalized spacial score (nSPS) is 11.5. The van der Waals surface area contributed by atoms with Gasteiger partial charge in [-0.2, -0.15) is 0 Å². The number of rotatable bonds is 8. The Bertz CT molecular complexity index is 3520. The summed E-state index contributed by atoms with van der Waals surface area (Å²) in [6.45, 7) is 0. The van der Waals surface area contributed by atoms with E-state index < -0.39 is 0 Å². The van der Waals surface area contributed by atoms with Crippen molar-refractivity contribution in [3.63, 3.8) is 0 Å². The van der Waals surface area contributed by atoms with Gasteiger partial charge in [0.25, 0.3) is 0 Å². The molecule has 0 amide bonds. The fourth-order valence-electron chi connectivity index (χ4n) is 9.69. The van der Waals surface area contributed by atoms with Crippen molar-refractivity contribution in [1.82, 2.24) is 9.13 Å². The molecule has 12 rings (SSSR count). The van der Waals surface area contributed by atoms with Crippen LogP contribution in [-0.4, -0.2) is 9.13 Å². The molecule has 12 aromatic rings. The van der Waals surface area contributed by atoms with Gasteiger partial charge in [-0.15, -0.1) is 0 Å². The van der Waals surface area contributed by atoms with Gasteiger partial charge in [0, 0.05) is 50.0 Å². The second-order valence-electron chi connectivity index (χ2n) is 16.1. The molecule has 0 radical (unpaired) electrons. The van der Waals surface area contributed by atoms with Gasteiger partial charge in [0.1, 0.15) is 0 Å². The van der Waals surface area contributed by atoms with E-state index in [0.29, 0.717) is 0 Å². The molecule has 0 atom stereocenters. The van der Waals surface area contributed by atoms with Crippen LogP contribution in [0.1, 0.15) is 0 Å². The standard InChI is InChI=1S/C60H41N3/c1-5-20-42(21-6-1)44-24-17-31-49(38-44)61(50-32-18-25-45(39-50)43-22-7-2-8-23-43)51-33-19-26-46(40-51)54-41-55-52-34-13-15-36-56(52)62(47-27-9-3-10-28-47)59(55)60-58(54)53-35-14-16-37-57(53)63(60)48-29-11-4-12-30-48/h1-41H. The van der Waals surface area contributed by atoms with Crippen LogP contribution in [0.3, 0.4) is 0 Å². The maximum atomic E-state index is 2.48. The number of hydrogen-bond acceptors (Lipinski definition) is 1. The van der Waals surface area contributed by atoms with Crippen molar-refractivity contribution in [3.05, 3.63) is 249 Å². The van der Waals surface area contributed by atoms with Crippen LogP contribution < -0.4 is 4.90 Å². The molecule has 0 bridgehead atoms. The summed E-state index contributed by atoms with van der Waals surface area (Å²) < 4.78 is 4.95. The van der Waals surface area contributed by atoms with Crippen LogP contribution in [0.4, 0.5) is 17.1 Å². The van der Waals surface area contributed by atoms with Crippen molar-refractivity contribution in [2.45, 2.75) is 0 Å². The monoisotopic (exact) mass is 803 g/mol. The summed E-state index contributed by atoms with van der Waals surface area (Å²) in [4.78, 5) is 2.41. The highest BCUT2D eigenvalue weighted by Crippen LogP contribution is 2.47. The first kappa shape index (κ1) is 36.5. The molecule has 0 aliphatic carbocycles. The van der Waals surface area contributed by atoms with E-state index in [0.717, 1.165) is 34.0 Å². The largest absolute Gasteiger partial charge is 0.310 e. The van der Waals surface area contributed by atoms with E-state index in [9.17, 15) is 0 Å². The third-order valence-corrected chi connectivity index (χ3v) is 12.4. The van der Waals surface area contributed by atoms with Crippen molar-refractivity contribution < 1.29 is 0 Å². The minimum atomic E-state index is 1.08. The first-order valence-electron chi connectivity index (χ1n) is 21.6. The second-order valence-corrected chi connectivity index (χ2v) is 16.1. The zero-order valence-corrected chi connectivity index (χ0v) is 34.5. The van der Waals surface area contributed by atoms with E-state index >= 15 is 0 Å². The maximum Gasteiger partial charge on any atom is 0.0795 e. The molecule has 2 aromatic heterocycles. The summed E-state index contributed by atoms with van der Waals surface area (Å²) in [6.07, 6.45) is 0. The Balaban J connectivity index is 1.16. The second kappa shape index (κ2) is 15.3. The van der Waals surface area contributed by atoms with Crippen LogP contribution in [0.25, 0.3) is 88.4 Å². The number of para-hydroxylation sites is 4. The molecule has 0 unspecified atom stereocenters. The number of nitrogens with zero attached hydrogens (tertiary/aromatic N) is 3. The summed E-state index contributed by atoms with van der Waals surface area (Å²) in [6, 6.07) is 90.1. The lowest BCUT2D eigenvalue weighted by atomic mass is 9.95. The highest BCUT2D eigenvalue weighted by molar-refractivity contribution is 6.28. The average Bonchev–Trinajstić information content (AvgIpc) is 3.89. The summed E-state index contributed by atoms with van der Waals surface area (Å²) in [5, 5.41) is 4.87. The van der Waals surface area contributed by atoms with Gasteiger partial charge in [-0.1, -0.05) is 170 Å². The molecule has 0 aliphatic rings. The average molecular weight is 804 g/mol. The third kappa shape index (κ3) is 6.21. The number of anilines is 3. The minimum absolute atomic E-state index is 1.08. The Morgan fingerprint density at radius 2 is 0.667 bits per heavy atom. The zero-order chi connectivity index (χ0) is 41.7. The van der Waals surface area contributed by atoms with Crippen molar-refractivity contribution in [2.75, 3.05) is 4.90 Å². The molecule has 0 aliphatic heterocycles. The quantitative estimate of drug-likeness (QED) is 0.149. The van der Waals surface area contributed by atoms with Gasteiger partial charge >= 0.3 is 0 Å². The van der Waals surface area contributed by atoms with Crippen LogP contribution in [0.15, 0.2) is 249 Å². The van der Waals surface area contributed by atoms with E-state index in [1.807, 2.05) is 0 Å². The number of fused-ring (bicyclic) bond motifs is 7. The van der Waals surface area contributed by atoms with E-state index in [4.69, 9.17) is 0 Å². The maximum absolute atomic E-state index is 2.48. The summed E-state index contributed by atoms with van der Waals surface area (Å²) in [5.74, 6) is 0. The molecule has 0 spiro atoms. The van der Waals surface area contributed by atoms with Crippen molar-refractivity contribution >= 4 is 60.7 Å². The van der Waals surface area contributed by atoms with E-state index in [-0.39, 0.29) is 0 Å². The smallest absolute Gasteiger partial charge is 0.0795 e. The molecule has 3 heteroatoms. The highest BCUT2D eigenvalue weighted by Gasteiger charge is 2.25. The van der Waals surface area contributed by atoms with Crippen LogP contribution in [0.5, 0.6) is 0 Å². The molecular weight excluding hydrogens is 763 g/mol. The Hall–Kier alpha value is -8.40. The van der Waals surface area contributed by atoms with Gasteiger partial charge in [0.15, 0.2) is 0 Å². The molecule has 0 saturated heterocycles. The SMILES string of the molecule is c1ccc(-c2cccc(N(c3cccc(-c4ccccc4)c3)c3cccc(-c4cc5c6ccccc6n(-c6ccccc6)c5c5c4c4ccccc4n5-c4ccccc4)c3)c2)cc1. The lowest BCUT2D eigenvalue weighted by molar-refractivity contribution is 1.15. The molecule has 3 nitrogen and oxygen atoms in total. The first-order chi connectivity index (χ1) is 31.3. The fourth-order valence-corrected chi connectivity index (χ4v) is 9.69. The molecule has 296 valence electrons. The summed E-state index contributed by atoms with van der Waals surface area (Å²) in [5.41, 5.74) is 17.3. The lowest BCUT2D eigenvalue weighted by Gasteiger charge is -2.27. The molecule has 63 heavy (non-hydrogen) atoms. The van der Waals surface area contributed by atoms with Crippen molar-refractivity contribution in [2.24, 2.45) is 0 Å². The van der Waals surface area contributed by atoms with E-state index in [1.165, 1.54) is 71.4 Å². The summed E-state index contributed by atoms with van der Waals surface area (Å²) >= 11 is 0. The molecule has 0 N–H and O–H groups in total. The van der Waals surface area contributed by atoms with Gasteiger partial charge in [-0.05, 0) is 112 Å². The topological polar surface area (TPSA) is 13.1 Å². The Labute approximate surface area is 366 Å². The van der Waals surface area contributed by atoms with Crippen molar-refractivity contribution in [1.29, 1.82) is 0 Å². The van der Waals surface area contributed by atoms with Crippen LogP contribution >= 0.6 is 0 Å². The Morgan fingerprint density at radius 1 is 0.270 bits per heavy atom. The van der Waals surface area contributed by atoms with E-state index in [1.54, 1.807) is 0 Å². The van der Waals surface area contributed by atoms with Gasteiger partial charge in [0.05, 0.1) is 22.1 Å². The van der Waals surface area contributed by atoms with Crippen LogP contribution in [0, 0.1) is 0 Å². The molecule has 10 aromatic carbocycles. The number of hydrogen-bond donors (Lipinski definition) is 0. The predicted octanol–water partition coefficient (Wildman–Crippen LogP) is 16.4. The number of benzene rings is 10. The first-order valence-corrected chi connectivity index (χ1v) is 21.6. The van der Waals surface area contributed by atoms with Gasteiger partial charge < -0.3 is 14.0 Å². The fraction of sp³-hybridized carbons (Fsp3) is 0. The van der Waals surface area contributed by atoms with E-state index in [2.05, 4.69) is 263 Å².